The van der Waals surface area contributed by atoms with Crippen LogP contribution in [0.5, 0.6) is 0 Å². The maximum atomic E-state index is 8.96. The standard InChI is InChI=1S/C18H15N7/c1-24-12-15(10-22-24)17-8-16(14-4-2-13(9-19)3-5-14)23-25(17)18-11-20-6-7-21-18/h2-7,10-12,17H,8H2,1H3. The van der Waals surface area contributed by atoms with E-state index in [1.54, 1.807) is 23.3 Å². The molecule has 25 heavy (non-hydrogen) atoms. The van der Waals surface area contributed by atoms with Gasteiger partial charge >= 0.3 is 0 Å². The Hall–Kier alpha value is -3.53. The minimum atomic E-state index is 0.0102. The van der Waals surface area contributed by atoms with Crippen LogP contribution in [0.15, 0.2) is 60.4 Å². The first-order valence-electron chi connectivity index (χ1n) is 7.86. The molecule has 1 atom stereocenters. The van der Waals surface area contributed by atoms with Crippen LogP contribution in [0.4, 0.5) is 5.82 Å². The molecule has 0 aliphatic carbocycles. The van der Waals surface area contributed by atoms with Gasteiger partial charge in [0.05, 0.1) is 35.8 Å². The number of hydrogen-bond donors (Lipinski definition) is 0. The van der Waals surface area contributed by atoms with Gasteiger partial charge in [0.1, 0.15) is 0 Å². The lowest BCUT2D eigenvalue weighted by atomic mass is 10.00. The molecule has 2 aromatic heterocycles. The quantitative estimate of drug-likeness (QED) is 0.737. The zero-order chi connectivity index (χ0) is 17.2. The highest BCUT2D eigenvalue weighted by atomic mass is 15.5. The van der Waals surface area contributed by atoms with Gasteiger partial charge in [-0.1, -0.05) is 12.1 Å². The highest BCUT2D eigenvalue weighted by Crippen LogP contribution is 2.35. The molecule has 122 valence electrons. The zero-order valence-corrected chi connectivity index (χ0v) is 13.6. The smallest absolute Gasteiger partial charge is 0.168 e. The lowest BCUT2D eigenvalue weighted by Crippen LogP contribution is -2.19. The molecule has 3 heterocycles. The Morgan fingerprint density at radius 1 is 1.16 bits per heavy atom. The van der Waals surface area contributed by atoms with Crippen molar-refractivity contribution in [2.75, 3.05) is 5.01 Å². The largest absolute Gasteiger partial charge is 0.275 e. The van der Waals surface area contributed by atoms with Crippen molar-refractivity contribution in [2.24, 2.45) is 12.1 Å². The predicted octanol–water partition coefficient (Wildman–Crippen LogP) is 2.44. The van der Waals surface area contributed by atoms with Crippen LogP contribution in [-0.4, -0.2) is 25.5 Å². The number of nitriles is 1. The van der Waals surface area contributed by atoms with Gasteiger partial charge in [-0.3, -0.25) is 9.67 Å². The number of anilines is 1. The van der Waals surface area contributed by atoms with Gasteiger partial charge in [-0.05, 0) is 17.7 Å². The molecule has 3 aromatic rings. The molecule has 0 saturated heterocycles. The summed E-state index contributed by atoms with van der Waals surface area (Å²) in [6.45, 7) is 0. The van der Waals surface area contributed by atoms with Gasteiger partial charge in [-0.15, -0.1) is 0 Å². The topological polar surface area (TPSA) is 83.0 Å². The average Bonchev–Trinajstić information content (AvgIpc) is 3.29. The minimum Gasteiger partial charge on any atom is -0.275 e. The van der Waals surface area contributed by atoms with Gasteiger partial charge < -0.3 is 0 Å². The first-order valence-corrected chi connectivity index (χ1v) is 7.86. The Kier molecular flexibility index (Phi) is 3.71. The molecule has 0 amide bonds. The van der Waals surface area contributed by atoms with E-state index in [1.807, 2.05) is 48.7 Å². The van der Waals surface area contributed by atoms with Crippen LogP contribution in [0.3, 0.4) is 0 Å². The fourth-order valence-corrected chi connectivity index (χ4v) is 2.91. The lowest BCUT2D eigenvalue weighted by molar-refractivity contribution is 0.694. The number of hydrogen-bond acceptors (Lipinski definition) is 6. The Bertz CT molecular complexity index is 951. The Morgan fingerprint density at radius 3 is 2.64 bits per heavy atom. The molecule has 4 rings (SSSR count). The summed E-state index contributed by atoms with van der Waals surface area (Å²) < 4.78 is 1.78. The molecule has 0 radical (unpaired) electrons. The van der Waals surface area contributed by atoms with E-state index in [4.69, 9.17) is 10.4 Å². The maximum Gasteiger partial charge on any atom is 0.168 e. The summed E-state index contributed by atoms with van der Waals surface area (Å²) in [5, 5.41) is 19.9. The van der Waals surface area contributed by atoms with Crippen molar-refractivity contribution in [2.45, 2.75) is 12.5 Å². The Balaban J connectivity index is 1.72. The van der Waals surface area contributed by atoms with Crippen LogP contribution in [0, 0.1) is 11.3 Å². The molecular weight excluding hydrogens is 314 g/mol. The molecule has 1 unspecified atom stereocenters. The minimum absolute atomic E-state index is 0.0102. The SMILES string of the molecule is Cn1cc(C2CC(c3ccc(C#N)cc3)=NN2c2cnccn2)cn1. The van der Waals surface area contributed by atoms with Gasteiger partial charge in [0.2, 0.25) is 0 Å². The summed E-state index contributed by atoms with van der Waals surface area (Å²) in [5.74, 6) is 0.694. The van der Waals surface area contributed by atoms with Crippen LogP contribution in [0.2, 0.25) is 0 Å². The van der Waals surface area contributed by atoms with E-state index in [9.17, 15) is 0 Å². The molecule has 7 heteroatoms. The Labute approximate surface area is 144 Å². The molecule has 0 bridgehead atoms. The van der Waals surface area contributed by atoms with Gasteiger partial charge in [0.15, 0.2) is 5.82 Å². The third-order valence-corrected chi connectivity index (χ3v) is 4.15. The van der Waals surface area contributed by atoms with Crippen molar-refractivity contribution in [3.63, 3.8) is 0 Å². The van der Waals surface area contributed by atoms with Crippen molar-refractivity contribution >= 4 is 11.5 Å². The normalized spacial score (nSPS) is 16.6. The predicted molar refractivity (Wildman–Crippen MR) is 92.8 cm³/mol. The first kappa shape index (κ1) is 15.0. The van der Waals surface area contributed by atoms with Crippen molar-refractivity contribution < 1.29 is 0 Å². The third kappa shape index (κ3) is 2.85. The summed E-state index contributed by atoms with van der Waals surface area (Å²) in [4.78, 5) is 8.54. The molecule has 0 saturated carbocycles. The number of aryl methyl sites for hydroxylation is 1. The highest BCUT2D eigenvalue weighted by molar-refractivity contribution is 6.03. The van der Waals surface area contributed by atoms with Crippen LogP contribution < -0.4 is 5.01 Å². The first-order chi connectivity index (χ1) is 12.2. The highest BCUT2D eigenvalue weighted by Gasteiger charge is 2.31. The van der Waals surface area contributed by atoms with Crippen molar-refractivity contribution in [1.82, 2.24) is 19.7 Å². The second kappa shape index (κ2) is 6.17. The van der Waals surface area contributed by atoms with Crippen LogP contribution in [0.1, 0.15) is 29.2 Å². The van der Waals surface area contributed by atoms with Crippen molar-refractivity contribution in [3.05, 3.63) is 71.9 Å². The number of aromatic nitrogens is 4. The van der Waals surface area contributed by atoms with Gasteiger partial charge in [-0.25, -0.2) is 9.99 Å². The molecule has 0 N–H and O–H groups in total. The number of nitrogens with zero attached hydrogens (tertiary/aromatic N) is 7. The summed E-state index contributed by atoms with van der Waals surface area (Å²) in [5.41, 5.74) is 3.65. The molecule has 1 aromatic carbocycles. The summed E-state index contributed by atoms with van der Waals surface area (Å²) >= 11 is 0. The van der Waals surface area contributed by atoms with Gasteiger partial charge in [0, 0.05) is 37.6 Å². The zero-order valence-electron chi connectivity index (χ0n) is 13.6. The fraction of sp³-hybridized carbons (Fsp3) is 0.167. The molecule has 0 fully saturated rings. The van der Waals surface area contributed by atoms with E-state index in [0.29, 0.717) is 11.4 Å². The molecule has 0 spiro atoms. The van der Waals surface area contributed by atoms with E-state index >= 15 is 0 Å². The van der Waals surface area contributed by atoms with E-state index in [1.165, 1.54) is 0 Å². The fourth-order valence-electron chi connectivity index (χ4n) is 2.91. The van der Waals surface area contributed by atoms with Gasteiger partial charge in [-0.2, -0.15) is 15.5 Å². The summed E-state index contributed by atoms with van der Waals surface area (Å²) in [7, 11) is 1.90. The third-order valence-electron chi connectivity index (χ3n) is 4.15. The van der Waals surface area contributed by atoms with Crippen LogP contribution in [-0.2, 0) is 7.05 Å². The number of hydrazone groups is 1. The van der Waals surface area contributed by atoms with E-state index in [0.717, 1.165) is 23.3 Å². The Morgan fingerprint density at radius 2 is 2.00 bits per heavy atom. The summed E-state index contributed by atoms with van der Waals surface area (Å²) in [6.07, 6.45) is 9.58. The van der Waals surface area contributed by atoms with E-state index in [-0.39, 0.29) is 6.04 Å². The second-order valence-electron chi connectivity index (χ2n) is 5.81. The summed E-state index contributed by atoms with van der Waals surface area (Å²) in [6, 6.07) is 9.62. The molecule has 7 nitrogen and oxygen atoms in total. The average molecular weight is 329 g/mol. The second-order valence-corrected chi connectivity index (χ2v) is 5.81. The van der Waals surface area contributed by atoms with Gasteiger partial charge in [0.25, 0.3) is 0 Å². The van der Waals surface area contributed by atoms with Crippen molar-refractivity contribution in [3.8, 4) is 6.07 Å². The monoisotopic (exact) mass is 329 g/mol. The molecular formula is C18H15N7. The van der Waals surface area contributed by atoms with E-state index in [2.05, 4.69) is 21.1 Å². The van der Waals surface area contributed by atoms with Crippen LogP contribution in [0.25, 0.3) is 0 Å². The number of rotatable bonds is 3. The lowest BCUT2D eigenvalue weighted by Gasteiger charge is -2.20. The van der Waals surface area contributed by atoms with Crippen LogP contribution >= 0.6 is 0 Å². The molecule has 1 aliphatic heterocycles. The maximum absolute atomic E-state index is 8.96. The molecule has 1 aliphatic rings. The number of benzene rings is 1. The van der Waals surface area contributed by atoms with E-state index < -0.39 is 0 Å². The van der Waals surface area contributed by atoms with Crippen molar-refractivity contribution in [1.29, 1.82) is 5.26 Å².